The van der Waals surface area contributed by atoms with Crippen molar-refractivity contribution in [2.45, 2.75) is 0 Å². The molecule has 1 N–H and O–H groups in total. The zero-order valence-electron chi connectivity index (χ0n) is 7.38. The molecule has 1 aromatic rings. The van der Waals surface area contributed by atoms with E-state index in [0.29, 0.717) is 10.8 Å². The van der Waals surface area contributed by atoms with E-state index < -0.39 is 0 Å². The van der Waals surface area contributed by atoms with Gasteiger partial charge >= 0.3 is 0 Å². The van der Waals surface area contributed by atoms with Crippen LogP contribution in [0.3, 0.4) is 0 Å². The number of anilines is 1. The Hall–Kier alpha value is -0.540. The molecule has 0 spiro atoms. The van der Waals surface area contributed by atoms with Crippen LogP contribution >= 0.6 is 24.2 Å². The minimum absolute atomic E-state index is 0.617. The summed E-state index contributed by atoms with van der Waals surface area (Å²) < 4.78 is 5.03. The standard InChI is InChI=1S/C9H12ClNOS/c1-12-9-3-2-7(6-8(9)10)11-4-5-13/h2-3,6,11,13H,4-5H2,1H3. The first-order valence-electron chi connectivity index (χ1n) is 3.96. The van der Waals surface area contributed by atoms with Gasteiger partial charge in [0.1, 0.15) is 5.75 Å². The van der Waals surface area contributed by atoms with Crippen LogP contribution in [0.4, 0.5) is 5.69 Å². The highest BCUT2D eigenvalue weighted by Gasteiger charge is 2.00. The van der Waals surface area contributed by atoms with Crippen molar-refractivity contribution in [1.82, 2.24) is 0 Å². The second-order valence-electron chi connectivity index (χ2n) is 2.50. The summed E-state index contributed by atoms with van der Waals surface area (Å²) in [5.41, 5.74) is 0.986. The highest BCUT2D eigenvalue weighted by atomic mass is 35.5. The van der Waals surface area contributed by atoms with E-state index in [1.807, 2.05) is 18.2 Å². The third-order valence-electron chi connectivity index (χ3n) is 1.59. The number of hydrogen-bond acceptors (Lipinski definition) is 3. The van der Waals surface area contributed by atoms with E-state index >= 15 is 0 Å². The van der Waals surface area contributed by atoms with E-state index in [1.54, 1.807) is 7.11 Å². The Morgan fingerprint density at radius 2 is 2.31 bits per heavy atom. The van der Waals surface area contributed by atoms with E-state index in [2.05, 4.69) is 17.9 Å². The number of benzene rings is 1. The van der Waals surface area contributed by atoms with Crippen LogP contribution in [0.15, 0.2) is 18.2 Å². The Balaban J connectivity index is 2.71. The molecule has 0 heterocycles. The lowest BCUT2D eigenvalue weighted by Gasteiger charge is -2.07. The summed E-state index contributed by atoms with van der Waals surface area (Å²) in [5, 5.41) is 3.79. The van der Waals surface area contributed by atoms with Crippen LogP contribution in [0.25, 0.3) is 0 Å². The fourth-order valence-electron chi connectivity index (χ4n) is 0.977. The topological polar surface area (TPSA) is 21.3 Å². The lowest BCUT2D eigenvalue weighted by atomic mass is 10.3. The van der Waals surface area contributed by atoms with Crippen molar-refractivity contribution >= 4 is 29.9 Å². The number of thiol groups is 1. The molecular formula is C9H12ClNOS. The van der Waals surface area contributed by atoms with Crippen LogP contribution < -0.4 is 10.1 Å². The Bertz CT molecular complexity index is 280. The molecule has 0 fully saturated rings. The average Bonchev–Trinajstić information content (AvgIpc) is 2.15. The second kappa shape index (κ2) is 5.25. The average molecular weight is 218 g/mol. The molecule has 0 aliphatic heterocycles. The molecule has 0 amide bonds. The smallest absolute Gasteiger partial charge is 0.137 e. The number of nitrogens with one attached hydrogen (secondary N) is 1. The van der Waals surface area contributed by atoms with Crippen molar-refractivity contribution < 1.29 is 4.74 Å². The number of methoxy groups -OCH3 is 1. The summed E-state index contributed by atoms with van der Waals surface area (Å²) in [6.07, 6.45) is 0. The first-order chi connectivity index (χ1) is 6.27. The van der Waals surface area contributed by atoms with Gasteiger partial charge in [-0.05, 0) is 18.2 Å². The Labute approximate surface area is 88.6 Å². The molecule has 0 radical (unpaired) electrons. The van der Waals surface area contributed by atoms with Crippen LogP contribution in [0.2, 0.25) is 5.02 Å². The van der Waals surface area contributed by atoms with Crippen LogP contribution in [-0.2, 0) is 0 Å². The predicted molar refractivity (Wildman–Crippen MR) is 60.3 cm³/mol. The maximum Gasteiger partial charge on any atom is 0.137 e. The van der Waals surface area contributed by atoms with E-state index in [4.69, 9.17) is 16.3 Å². The molecule has 4 heteroatoms. The minimum atomic E-state index is 0.617. The molecular weight excluding hydrogens is 206 g/mol. The molecule has 0 bridgehead atoms. The molecule has 13 heavy (non-hydrogen) atoms. The lowest BCUT2D eigenvalue weighted by Crippen LogP contribution is -2.02. The second-order valence-corrected chi connectivity index (χ2v) is 3.35. The fourth-order valence-corrected chi connectivity index (χ4v) is 1.35. The lowest BCUT2D eigenvalue weighted by molar-refractivity contribution is 0.415. The molecule has 0 atom stereocenters. The highest BCUT2D eigenvalue weighted by molar-refractivity contribution is 7.80. The third kappa shape index (κ3) is 3.01. The van der Waals surface area contributed by atoms with Crippen LogP contribution in [0.1, 0.15) is 0 Å². The number of ether oxygens (including phenoxy) is 1. The first kappa shape index (κ1) is 10.5. The van der Waals surface area contributed by atoms with Gasteiger partial charge in [-0.25, -0.2) is 0 Å². The SMILES string of the molecule is COc1ccc(NCCS)cc1Cl. The van der Waals surface area contributed by atoms with E-state index in [-0.39, 0.29) is 0 Å². The molecule has 2 nitrogen and oxygen atoms in total. The summed E-state index contributed by atoms with van der Waals surface area (Å²) in [6.45, 7) is 0.825. The monoisotopic (exact) mass is 217 g/mol. The van der Waals surface area contributed by atoms with Crippen molar-refractivity contribution in [1.29, 1.82) is 0 Å². The van der Waals surface area contributed by atoms with Crippen LogP contribution in [-0.4, -0.2) is 19.4 Å². The highest BCUT2D eigenvalue weighted by Crippen LogP contribution is 2.26. The maximum atomic E-state index is 5.92. The van der Waals surface area contributed by atoms with Gasteiger partial charge in [0.05, 0.1) is 12.1 Å². The molecule has 1 aromatic carbocycles. The Morgan fingerprint density at radius 1 is 1.54 bits per heavy atom. The van der Waals surface area contributed by atoms with Crippen molar-refractivity contribution in [2.24, 2.45) is 0 Å². The van der Waals surface area contributed by atoms with Gasteiger partial charge in [-0.2, -0.15) is 12.6 Å². The summed E-state index contributed by atoms with van der Waals surface area (Å²) >= 11 is 10.0. The Morgan fingerprint density at radius 3 is 2.85 bits per heavy atom. The van der Waals surface area contributed by atoms with Crippen molar-refractivity contribution in [3.8, 4) is 5.75 Å². The predicted octanol–water partition coefficient (Wildman–Crippen LogP) is 2.69. The number of halogens is 1. The van der Waals surface area contributed by atoms with Crippen molar-refractivity contribution in [3.05, 3.63) is 23.2 Å². The molecule has 0 saturated carbocycles. The molecule has 0 unspecified atom stereocenters. The van der Waals surface area contributed by atoms with Gasteiger partial charge < -0.3 is 10.1 Å². The molecule has 1 rings (SSSR count). The quantitative estimate of drug-likeness (QED) is 0.757. The summed E-state index contributed by atoms with van der Waals surface area (Å²) in [5.74, 6) is 1.49. The van der Waals surface area contributed by atoms with Crippen molar-refractivity contribution in [3.63, 3.8) is 0 Å². The summed E-state index contributed by atoms with van der Waals surface area (Å²) in [6, 6.07) is 5.60. The molecule has 72 valence electrons. The normalized spacial score (nSPS) is 9.77. The number of hydrogen-bond donors (Lipinski definition) is 2. The Kier molecular flexibility index (Phi) is 4.25. The van der Waals surface area contributed by atoms with Crippen LogP contribution in [0.5, 0.6) is 5.75 Å². The zero-order valence-corrected chi connectivity index (χ0v) is 9.03. The molecule has 0 aliphatic rings. The van der Waals surface area contributed by atoms with Gasteiger partial charge in [0.2, 0.25) is 0 Å². The van der Waals surface area contributed by atoms with Gasteiger partial charge in [0, 0.05) is 18.0 Å². The van der Waals surface area contributed by atoms with E-state index in [1.165, 1.54) is 0 Å². The van der Waals surface area contributed by atoms with Crippen LogP contribution in [0, 0.1) is 0 Å². The van der Waals surface area contributed by atoms with Gasteiger partial charge in [0.25, 0.3) is 0 Å². The third-order valence-corrected chi connectivity index (χ3v) is 2.11. The molecule has 0 aliphatic carbocycles. The largest absolute Gasteiger partial charge is 0.495 e. The fraction of sp³-hybridized carbons (Fsp3) is 0.333. The minimum Gasteiger partial charge on any atom is -0.495 e. The molecule has 0 saturated heterocycles. The van der Waals surface area contributed by atoms with Gasteiger partial charge in [-0.3, -0.25) is 0 Å². The maximum absolute atomic E-state index is 5.92. The summed E-state index contributed by atoms with van der Waals surface area (Å²) in [7, 11) is 1.60. The van der Waals surface area contributed by atoms with E-state index in [9.17, 15) is 0 Å². The van der Waals surface area contributed by atoms with Gasteiger partial charge in [0.15, 0.2) is 0 Å². The van der Waals surface area contributed by atoms with Gasteiger partial charge in [-0.15, -0.1) is 0 Å². The van der Waals surface area contributed by atoms with Gasteiger partial charge in [-0.1, -0.05) is 11.6 Å². The van der Waals surface area contributed by atoms with Crippen molar-refractivity contribution in [2.75, 3.05) is 24.7 Å². The molecule has 0 aromatic heterocycles. The zero-order chi connectivity index (χ0) is 9.68. The first-order valence-corrected chi connectivity index (χ1v) is 4.97. The number of rotatable bonds is 4. The summed E-state index contributed by atoms with van der Waals surface area (Å²) in [4.78, 5) is 0. The van der Waals surface area contributed by atoms with E-state index in [0.717, 1.165) is 18.0 Å².